The molecule has 120 valence electrons. The van der Waals surface area contributed by atoms with Gasteiger partial charge in [-0.25, -0.2) is 9.78 Å². The number of fused-ring (bicyclic) bond motifs is 2. The van der Waals surface area contributed by atoms with Gasteiger partial charge in [-0.3, -0.25) is 5.32 Å². The van der Waals surface area contributed by atoms with Crippen LogP contribution in [0.15, 0.2) is 12.1 Å². The van der Waals surface area contributed by atoms with Gasteiger partial charge in [0.05, 0.1) is 12.3 Å². The summed E-state index contributed by atoms with van der Waals surface area (Å²) < 4.78 is 4.83. The van der Waals surface area contributed by atoms with Gasteiger partial charge in [-0.05, 0) is 56.1 Å². The maximum absolute atomic E-state index is 11.4. The number of nitrogen functional groups attached to an aromatic ring is 1. The molecule has 0 radical (unpaired) electrons. The predicted octanol–water partition coefficient (Wildman–Crippen LogP) is 3.08. The minimum Gasteiger partial charge on any atom is -0.450 e. The monoisotopic (exact) mass is 304 g/mol. The van der Waals surface area contributed by atoms with Crippen LogP contribution in [0.3, 0.4) is 0 Å². The molecule has 0 aromatic carbocycles. The van der Waals surface area contributed by atoms with E-state index in [4.69, 9.17) is 10.5 Å². The molecule has 3 rings (SSSR count). The van der Waals surface area contributed by atoms with E-state index in [2.05, 4.69) is 15.6 Å². The van der Waals surface area contributed by atoms with Crippen LogP contribution >= 0.6 is 0 Å². The molecule has 3 unspecified atom stereocenters. The van der Waals surface area contributed by atoms with E-state index in [0.29, 0.717) is 18.1 Å². The van der Waals surface area contributed by atoms with E-state index in [-0.39, 0.29) is 0 Å². The second-order valence-electron chi connectivity index (χ2n) is 6.29. The third-order valence-corrected chi connectivity index (χ3v) is 4.87. The molecule has 0 saturated heterocycles. The first-order chi connectivity index (χ1) is 10.7. The largest absolute Gasteiger partial charge is 0.450 e. The number of rotatable bonds is 5. The molecule has 2 saturated carbocycles. The lowest BCUT2D eigenvalue weighted by molar-refractivity contribution is 0.168. The van der Waals surface area contributed by atoms with Gasteiger partial charge < -0.3 is 15.8 Å². The number of amides is 1. The fraction of sp³-hybridized carbons (Fsp3) is 0.625. The second-order valence-corrected chi connectivity index (χ2v) is 6.29. The molecule has 0 spiro atoms. The van der Waals surface area contributed by atoms with Crippen molar-refractivity contribution in [3.63, 3.8) is 0 Å². The lowest BCUT2D eigenvalue weighted by Gasteiger charge is -2.22. The smallest absolute Gasteiger partial charge is 0.411 e. The molecular weight excluding hydrogens is 280 g/mol. The number of nitrogens with two attached hydrogens (primary N) is 1. The molecule has 3 atom stereocenters. The summed E-state index contributed by atoms with van der Waals surface area (Å²) in [5.74, 6) is 3.66. The molecule has 4 N–H and O–H groups in total. The van der Waals surface area contributed by atoms with E-state index in [1.54, 1.807) is 13.0 Å². The van der Waals surface area contributed by atoms with Crippen molar-refractivity contribution in [3.05, 3.63) is 12.1 Å². The molecule has 2 bridgehead atoms. The van der Waals surface area contributed by atoms with Gasteiger partial charge in [0.2, 0.25) is 0 Å². The Kier molecular flexibility index (Phi) is 4.36. The summed E-state index contributed by atoms with van der Waals surface area (Å²) in [6, 6.07) is 3.59. The highest BCUT2D eigenvalue weighted by atomic mass is 16.5. The Morgan fingerprint density at radius 3 is 2.91 bits per heavy atom. The van der Waals surface area contributed by atoms with E-state index < -0.39 is 6.09 Å². The molecular formula is C16H24N4O2. The summed E-state index contributed by atoms with van der Waals surface area (Å²) in [5, 5.41) is 5.96. The van der Waals surface area contributed by atoms with Gasteiger partial charge in [-0.1, -0.05) is 6.42 Å². The van der Waals surface area contributed by atoms with Crippen LogP contribution in [-0.4, -0.2) is 24.2 Å². The minimum absolute atomic E-state index is 0.297. The average molecular weight is 304 g/mol. The molecule has 2 fully saturated rings. The van der Waals surface area contributed by atoms with Crippen molar-refractivity contribution >= 4 is 23.4 Å². The molecule has 1 aromatic rings. The van der Waals surface area contributed by atoms with Gasteiger partial charge in [-0.15, -0.1) is 0 Å². The first-order valence-electron chi connectivity index (χ1n) is 8.10. The van der Waals surface area contributed by atoms with Gasteiger partial charge in [0.25, 0.3) is 0 Å². The van der Waals surface area contributed by atoms with Crippen molar-refractivity contribution in [1.29, 1.82) is 0 Å². The molecule has 22 heavy (non-hydrogen) atoms. The Balaban J connectivity index is 1.54. The van der Waals surface area contributed by atoms with Crippen molar-refractivity contribution in [3.8, 4) is 0 Å². The van der Waals surface area contributed by atoms with Gasteiger partial charge in [0, 0.05) is 6.54 Å². The number of aromatic nitrogens is 1. The number of anilines is 3. The highest BCUT2D eigenvalue weighted by molar-refractivity contribution is 5.88. The Labute approximate surface area is 130 Å². The second kappa shape index (κ2) is 6.42. The van der Waals surface area contributed by atoms with E-state index >= 15 is 0 Å². The van der Waals surface area contributed by atoms with Gasteiger partial charge in [0.1, 0.15) is 11.6 Å². The van der Waals surface area contributed by atoms with E-state index in [1.807, 2.05) is 6.07 Å². The van der Waals surface area contributed by atoms with Crippen LogP contribution in [0.2, 0.25) is 0 Å². The fourth-order valence-electron chi connectivity index (χ4n) is 3.82. The average Bonchev–Trinajstić information content (AvgIpc) is 3.10. The summed E-state index contributed by atoms with van der Waals surface area (Å²) in [4.78, 5) is 15.7. The maximum atomic E-state index is 11.4. The third-order valence-electron chi connectivity index (χ3n) is 4.87. The van der Waals surface area contributed by atoms with Crippen LogP contribution in [0.4, 0.5) is 22.1 Å². The Bertz CT molecular complexity index is 549. The number of carbonyl (C=O) groups excluding carboxylic acids is 1. The van der Waals surface area contributed by atoms with Crippen molar-refractivity contribution < 1.29 is 9.53 Å². The summed E-state index contributed by atoms with van der Waals surface area (Å²) in [6.07, 6.45) is 5.04. The summed E-state index contributed by atoms with van der Waals surface area (Å²) in [6.45, 7) is 3.03. The highest BCUT2D eigenvalue weighted by Gasteiger charge is 2.39. The first kappa shape index (κ1) is 14.9. The van der Waals surface area contributed by atoms with Crippen molar-refractivity contribution in [1.82, 2.24) is 4.98 Å². The number of nitrogens with zero attached hydrogens (tertiary/aromatic N) is 1. The number of hydrogen-bond acceptors (Lipinski definition) is 5. The zero-order valence-corrected chi connectivity index (χ0v) is 13.0. The number of pyridine rings is 1. The molecule has 0 aliphatic heterocycles. The standard InChI is InChI=1S/C16H24N4O2/c1-2-22-16(21)19-13-5-6-14(20-15(13)17)18-9-12-8-10-3-4-11(12)7-10/h5-6,10-12H,2-4,7-9H2,1H3,(H,19,21)(H3,17,18,20). The zero-order chi connectivity index (χ0) is 15.5. The molecule has 1 heterocycles. The molecule has 6 nitrogen and oxygen atoms in total. The third kappa shape index (κ3) is 3.26. The Morgan fingerprint density at radius 2 is 2.27 bits per heavy atom. The van der Waals surface area contributed by atoms with Crippen LogP contribution in [0, 0.1) is 17.8 Å². The number of carbonyl (C=O) groups is 1. The Morgan fingerprint density at radius 1 is 1.41 bits per heavy atom. The normalized spacial score (nSPS) is 26.0. The minimum atomic E-state index is -0.515. The molecule has 1 aromatic heterocycles. The molecule has 6 heteroatoms. The van der Waals surface area contributed by atoms with Crippen LogP contribution in [0.1, 0.15) is 32.6 Å². The van der Waals surface area contributed by atoms with E-state index in [1.165, 1.54) is 25.7 Å². The molecule has 2 aliphatic carbocycles. The molecule has 2 aliphatic rings. The number of hydrogen-bond donors (Lipinski definition) is 3. The Hall–Kier alpha value is -1.98. The predicted molar refractivity (Wildman–Crippen MR) is 86.7 cm³/mol. The number of ether oxygens (including phenoxy) is 1. The van der Waals surface area contributed by atoms with Gasteiger partial charge >= 0.3 is 6.09 Å². The van der Waals surface area contributed by atoms with Crippen molar-refractivity contribution in [2.45, 2.75) is 32.6 Å². The van der Waals surface area contributed by atoms with Crippen molar-refractivity contribution in [2.24, 2.45) is 17.8 Å². The molecule has 1 amide bonds. The van der Waals surface area contributed by atoms with E-state index in [0.717, 1.165) is 30.1 Å². The quantitative estimate of drug-likeness (QED) is 0.778. The first-order valence-corrected chi connectivity index (χ1v) is 8.10. The maximum Gasteiger partial charge on any atom is 0.411 e. The highest BCUT2D eigenvalue weighted by Crippen LogP contribution is 2.48. The summed E-state index contributed by atoms with van der Waals surface area (Å²) in [5.41, 5.74) is 6.36. The van der Waals surface area contributed by atoms with Gasteiger partial charge in [-0.2, -0.15) is 0 Å². The van der Waals surface area contributed by atoms with Crippen molar-refractivity contribution in [2.75, 3.05) is 29.5 Å². The lowest BCUT2D eigenvalue weighted by atomic mass is 9.89. The lowest BCUT2D eigenvalue weighted by Crippen LogP contribution is -2.21. The van der Waals surface area contributed by atoms with Crippen LogP contribution in [-0.2, 0) is 4.74 Å². The van der Waals surface area contributed by atoms with Crippen LogP contribution < -0.4 is 16.4 Å². The van der Waals surface area contributed by atoms with Crippen LogP contribution in [0.5, 0.6) is 0 Å². The fourth-order valence-corrected chi connectivity index (χ4v) is 3.82. The number of nitrogens with one attached hydrogen (secondary N) is 2. The SMILES string of the molecule is CCOC(=O)Nc1ccc(NCC2CC3CCC2C3)nc1N. The summed E-state index contributed by atoms with van der Waals surface area (Å²) >= 11 is 0. The zero-order valence-electron chi connectivity index (χ0n) is 13.0. The van der Waals surface area contributed by atoms with Crippen LogP contribution in [0.25, 0.3) is 0 Å². The van der Waals surface area contributed by atoms with E-state index in [9.17, 15) is 4.79 Å². The summed E-state index contributed by atoms with van der Waals surface area (Å²) in [7, 11) is 0. The topological polar surface area (TPSA) is 89.3 Å². The van der Waals surface area contributed by atoms with Gasteiger partial charge in [0.15, 0.2) is 0 Å².